The first-order chi connectivity index (χ1) is 11.5. The van der Waals surface area contributed by atoms with Crippen LogP contribution in [0.5, 0.6) is 11.5 Å². The van der Waals surface area contributed by atoms with E-state index >= 15 is 0 Å². The van der Waals surface area contributed by atoms with E-state index in [4.69, 9.17) is 9.47 Å². The van der Waals surface area contributed by atoms with E-state index in [1.807, 2.05) is 38.1 Å². The maximum atomic E-state index is 10.9. The van der Waals surface area contributed by atoms with Crippen molar-refractivity contribution in [2.24, 2.45) is 0 Å². The molecule has 0 fully saturated rings. The largest absolute Gasteiger partial charge is 0.482 e. The van der Waals surface area contributed by atoms with Crippen LogP contribution in [0, 0.1) is 13.8 Å². The van der Waals surface area contributed by atoms with Crippen molar-refractivity contribution in [3.8, 4) is 11.5 Å². The number of amides is 2. The SMILES string of the molecule is C.C.Cc1ccc2c(c1)NC(=O)CO2.Cc1ccc2c(n1)NC(=O)CO2. The van der Waals surface area contributed by atoms with Gasteiger partial charge in [0, 0.05) is 5.69 Å². The molecule has 0 bridgehead atoms. The third-order valence-corrected chi connectivity index (χ3v) is 3.38. The summed E-state index contributed by atoms with van der Waals surface area (Å²) in [4.78, 5) is 25.9. The van der Waals surface area contributed by atoms with Crippen LogP contribution in [0.4, 0.5) is 11.5 Å². The molecule has 0 saturated heterocycles. The summed E-state index contributed by atoms with van der Waals surface area (Å²) in [6.45, 7) is 4.04. The molecule has 0 saturated carbocycles. The summed E-state index contributed by atoms with van der Waals surface area (Å²) in [6.07, 6.45) is 0. The number of nitrogens with zero attached hydrogens (tertiary/aromatic N) is 1. The molecule has 1 aromatic heterocycles. The van der Waals surface area contributed by atoms with Gasteiger partial charge < -0.3 is 20.1 Å². The summed E-state index contributed by atoms with van der Waals surface area (Å²) in [5.41, 5.74) is 2.74. The number of carbonyl (C=O) groups excluding carboxylic acids is 2. The monoisotopic (exact) mass is 359 g/mol. The van der Waals surface area contributed by atoms with Gasteiger partial charge in [0.15, 0.2) is 24.8 Å². The summed E-state index contributed by atoms with van der Waals surface area (Å²) in [5, 5.41) is 5.36. The van der Waals surface area contributed by atoms with E-state index < -0.39 is 0 Å². The van der Waals surface area contributed by atoms with Crippen molar-refractivity contribution in [1.29, 1.82) is 0 Å². The van der Waals surface area contributed by atoms with E-state index in [0.717, 1.165) is 22.7 Å². The van der Waals surface area contributed by atoms with Crippen LogP contribution in [0.2, 0.25) is 0 Å². The predicted molar refractivity (Wildman–Crippen MR) is 102 cm³/mol. The van der Waals surface area contributed by atoms with Gasteiger partial charge >= 0.3 is 0 Å². The Morgan fingerprint density at radius 2 is 1.50 bits per heavy atom. The Balaban J connectivity index is 0.000000241. The number of carbonyl (C=O) groups is 2. The minimum Gasteiger partial charge on any atom is -0.482 e. The highest BCUT2D eigenvalue weighted by molar-refractivity contribution is 5.95. The third kappa shape index (κ3) is 4.95. The van der Waals surface area contributed by atoms with Crippen molar-refractivity contribution in [3.63, 3.8) is 0 Å². The molecule has 3 heterocycles. The number of pyridine rings is 1. The molecular formula is C19H25N3O4. The summed E-state index contributed by atoms with van der Waals surface area (Å²) in [7, 11) is 0. The van der Waals surface area contributed by atoms with Gasteiger partial charge in [-0.15, -0.1) is 0 Å². The van der Waals surface area contributed by atoms with Gasteiger partial charge in [-0.3, -0.25) is 9.59 Å². The molecule has 0 spiro atoms. The average Bonchev–Trinajstić information content (AvgIpc) is 2.54. The molecule has 0 atom stereocenters. The van der Waals surface area contributed by atoms with Gasteiger partial charge in [-0.2, -0.15) is 0 Å². The first-order valence-electron chi connectivity index (χ1n) is 7.45. The van der Waals surface area contributed by atoms with Crippen LogP contribution in [0.1, 0.15) is 26.1 Å². The van der Waals surface area contributed by atoms with Gasteiger partial charge in [-0.25, -0.2) is 4.98 Å². The Morgan fingerprint density at radius 1 is 0.885 bits per heavy atom. The van der Waals surface area contributed by atoms with E-state index in [1.165, 1.54) is 0 Å². The van der Waals surface area contributed by atoms with E-state index in [2.05, 4.69) is 15.6 Å². The molecule has 0 radical (unpaired) electrons. The number of hydrogen-bond acceptors (Lipinski definition) is 5. The average molecular weight is 359 g/mol. The summed E-state index contributed by atoms with van der Waals surface area (Å²) >= 11 is 0. The molecule has 0 aliphatic carbocycles. The van der Waals surface area contributed by atoms with Crippen LogP contribution in [-0.4, -0.2) is 30.0 Å². The summed E-state index contributed by atoms with van der Waals surface area (Å²) in [6, 6.07) is 9.36. The normalized spacial score (nSPS) is 13.5. The fourth-order valence-corrected chi connectivity index (χ4v) is 2.26. The molecule has 4 rings (SSSR count). The first kappa shape index (κ1) is 21.0. The molecule has 26 heavy (non-hydrogen) atoms. The Morgan fingerprint density at radius 3 is 2.23 bits per heavy atom. The molecule has 2 amide bonds. The lowest BCUT2D eigenvalue weighted by Gasteiger charge is -2.17. The molecule has 1 aromatic carbocycles. The highest BCUT2D eigenvalue weighted by atomic mass is 16.5. The smallest absolute Gasteiger partial charge is 0.263 e. The standard InChI is InChI=1S/C9H9NO2.C8H8N2O2.2CH4/c1-6-2-3-8-7(4-6)10-9(11)5-12-8;1-5-2-3-6-8(9-5)10-7(11)4-12-6;;/h2-4H,5H2,1H3,(H,10,11);2-3H,4H2,1H3,(H,9,10,11);2*1H4. The minimum absolute atomic E-state index is 0. The van der Waals surface area contributed by atoms with Crippen molar-refractivity contribution >= 4 is 23.3 Å². The number of anilines is 2. The van der Waals surface area contributed by atoms with E-state index in [9.17, 15) is 9.59 Å². The van der Waals surface area contributed by atoms with E-state index in [-0.39, 0.29) is 39.9 Å². The molecule has 2 aliphatic rings. The summed E-state index contributed by atoms with van der Waals surface area (Å²) in [5.74, 6) is 1.67. The number of rotatable bonds is 0. The van der Waals surface area contributed by atoms with E-state index in [0.29, 0.717) is 11.6 Å². The molecule has 2 N–H and O–H groups in total. The van der Waals surface area contributed by atoms with Gasteiger partial charge in [0.1, 0.15) is 5.75 Å². The fraction of sp³-hybridized carbons (Fsp3) is 0.316. The zero-order valence-corrected chi connectivity index (χ0v) is 13.4. The molecule has 2 aromatic rings. The van der Waals surface area contributed by atoms with Gasteiger partial charge in [-0.1, -0.05) is 20.9 Å². The van der Waals surface area contributed by atoms with Crippen LogP contribution < -0.4 is 20.1 Å². The second-order valence-electron chi connectivity index (χ2n) is 5.47. The predicted octanol–water partition coefficient (Wildman–Crippen LogP) is 3.32. The van der Waals surface area contributed by atoms with Gasteiger partial charge in [0.25, 0.3) is 11.8 Å². The highest BCUT2D eigenvalue weighted by Gasteiger charge is 2.16. The molecule has 140 valence electrons. The van der Waals surface area contributed by atoms with Crippen molar-refractivity contribution < 1.29 is 19.1 Å². The van der Waals surface area contributed by atoms with Gasteiger partial charge in [0.05, 0.1) is 5.69 Å². The zero-order valence-electron chi connectivity index (χ0n) is 13.4. The number of aromatic nitrogens is 1. The maximum Gasteiger partial charge on any atom is 0.263 e. The van der Waals surface area contributed by atoms with Crippen LogP contribution in [0.25, 0.3) is 0 Å². The number of ether oxygens (including phenoxy) is 2. The highest BCUT2D eigenvalue weighted by Crippen LogP contribution is 2.28. The number of benzene rings is 1. The van der Waals surface area contributed by atoms with Crippen molar-refractivity contribution in [1.82, 2.24) is 4.98 Å². The lowest BCUT2D eigenvalue weighted by atomic mass is 10.2. The van der Waals surface area contributed by atoms with Crippen LogP contribution in [0.3, 0.4) is 0 Å². The van der Waals surface area contributed by atoms with Crippen LogP contribution >= 0.6 is 0 Å². The van der Waals surface area contributed by atoms with Crippen molar-refractivity contribution in [2.75, 3.05) is 23.8 Å². The number of aryl methyl sites for hydroxylation is 2. The van der Waals surface area contributed by atoms with E-state index in [1.54, 1.807) is 6.07 Å². The first-order valence-corrected chi connectivity index (χ1v) is 7.45. The quantitative estimate of drug-likeness (QED) is 0.753. The molecule has 7 heteroatoms. The maximum absolute atomic E-state index is 10.9. The molecule has 2 aliphatic heterocycles. The van der Waals surface area contributed by atoms with Crippen molar-refractivity contribution in [3.05, 3.63) is 41.6 Å². The number of hydrogen-bond donors (Lipinski definition) is 2. The van der Waals surface area contributed by atoms with Crippen LogP contribution in [-0.2, 0) is 9.59 Å². The summed E-state index contributed by atoms with van der Waals surface area (Å²) < 4.78 is 10.3. The topological polar surface area (TPSA) is 89.5 Å². The number of nitrogens with one attached hydrogen (secondary N) is 2. The lowest BCUT2D eigenvalue weighted by Crippen LogP contribution is -2.26. The Labute approximate surface area is 153 Å². The second-order valence-corrected chi connectivity index (χ2v) is 5.47. The van der Waals surface area contributed by atoms with Crippen molar-refractivity contribution in [2.45, 2.75) is 28.7 Å². The Bertz CT molecular complexity index is 738. The van der Waals surface area contributed by atoms with Crippen LogP contribution in [0.15, 0.2) is 30.3 Å². The number of fused-ring (bicyclic) bond motifs is 2. The molecule has 0 unspecified atom stereocenters. The fourth-order valence-electron chi connectivity index (χ4n) is 2.26. The second kappa shape index (κ2) is 8.84. The zero-order chi connectivity index (χ0) is 17.1. The van der Waals surface area contributed by atoms with Gasteiger partial charge in [-0.05, 0) is 43.7 Å². The molecule has 7 nitrogen and oxygen atoms in total. The molecular weight excluding hydrogens is 334 g/mol. The third-order valence-electron chi connectivity index (χ3n) is 3.38. The lowest BCUT2D eigenvalue weighted by molar-refractivity contribution is -0.119. The Kier molecular flexibility index (Phi) is 7.13. The van der Waals surface area contributed by atoms with Gasteiger partial charge in [0.2, 0.25) is 0 Å². The minimum atomic E-state index is -0.152. The Hall–Kier alpha value is -3.09.